The van der Waals surface area contributed by atoms with Gasteiger partial charge in [-0.1, -0.05) is 48.5 Å². The second kappa shape index (κ2) is 9.91. The van der Waals surface area contributed by atoms with Gasteiger partial charge in [-0.05, 0) is 40.5 Å². The molecular formula is C24H25N3O4S. The number of nitrogens with zero attached hydrogens (tertiary/aromatic N) is 2. The Bertz CT molecular complexity index is 1070. The van der Waals surface area contributed by atoms with E-state index in [9.17, 15) is 14.7 Å². The minimum absolute atomic E-state index is 0.0651. The van der Waals surface area contributed by atoms with Crippen LogP contribution >= 0.6 is 11.8 Å². The van der Waals surface area contributed by atoms with Crippen LogP contribution in [-0.2, 0) is 23.0 Å². The minimum Gasteiger partial charge on any atom is -0.480 e. The smallest absolute Gasteiger partial charge is 0.407 e. The number of carbonyl (C=O) groups excluding carboxylic acids is 1. The topological polar surface area (TPSA) is 93.5 Å². The number of thioether (sulfide) groups is 1. The quantitative estimate of drug-likeness (QED) is 0.482. The zero-order valence-corrected chi connectivity index (χ0v) is 18.5. The first-order chi connectivity index (χ1) is 15.5. The lowest BCUT2D eigenvalue weighted by molar-refractivity contribution is -0.138. The molecule has 32 heavy (non-hydrogen) atoms. The Morgan fingerprint density at radius 1 is 1.12 bits per heavy atom. The summed E-state index contributed by atoms with van der Waals surface area (Å²) < 4.78 is 7.26. The van der Waals surface area contributed by atoms with Crippen LogP contribution in [0.5, 0.6) is 0 Å². The minimum atomic E-state index is -1.08. The Balaban J connectivity index is 1.30. The second-order valence-corrected chi connectivity index (χ2v) is 8.78. The van der Waals surface area contributed by atoms with Crippen LogP contribution < -0.4 is 5.32 Å². The van der Waals surface area contributed by atoms with E-state index in [2.05, 4.69) is 22.5 Å². The summed E-state index contributed by atoms with van der Waals surface area (Å²) in [5.41, 5.74) is 5.59. The first-order valence-corrected chi connectivity index (χ1v) is 11.6. The van der Waals surface area contributed by atoms with E-state index in [1.807, 2.05) is 49.5 Å². The summed E-state index contributed by atoms with van der Waals surface area (Å²) in [5, 5.41) is 16.1. The highest BCUT2D eigenvalue weighted by Gasteiger charge is 2.29. The van der Waals surface area contributed by atoms with Gasteiger partial charge >= 0.3 is 12.1 Å². The van der Waals surface area contributed by atoms with Crippen LogP contribution in [0.25, 0.3) is 11.1 Å². The third kappa shape index (κ3) is 4.80. The molecule has 1 unspecified atom stereocenters. The van der Waals surface area contributed by atoms with E-state index in [0.717, 1.165) is 40.1 Å². The van der Waals surface area contributed by atoms with Crippen molar-refractivity contribution in [1.82, 2.24) is 15.1 Å². The van der Waals surface area contributed by atoms with E-state index in [-0.39, 0.29) is 18.3 Å². The molecule has 2 N–H and O–H groups in total. The Labute approximate surface area is 190 Å². The molecule has 166 valence electrons. The summed E-state index contributed by atoms with van der Waals surface area (Å²) in [6.45, 7) is 0.153. The standard InChI is InChI=1S/C24H25N3O4S/c1-27-16(10-12-25-27)11-13-32-15-22(23(28)29)26-24(30)31-14-21-19-8-4-2-6-17(19)18-7-3-5-9-20(18)21/h2-10,12,21-22H,11,13-15H2,1H3,(H,26,30)(H,28,29). The molecule has 2 aromatic carbocycles. The molecule has 0 aliphatic heterocycles. The highest BCUT2D eigenvalue weighted by molar-refractivity contribution is 7.99. The highest BCUT2D eigenvalue weighted by atomic mass is 32.2. The van der Waals surface area contributed by atoms with Gasteiger partial charge in [-0.15, -0.1) is 0 Å². The lowest BCUT2D eigenvalue weighted by atomic mass is 9.98. The Hall–Kier alpha value is -3.26. The number of ether oxygens (including phenoxy) is 1. The summed E-state index contributed by atoms with van der Waals surface area (Å²) >= 11 is 1.47. The van der Waals surface area contributed by atoms with Crippen molar-refractivity contribution in [2.24, 2.45) is 7.05 Å². The normalized spacial score (nSPS) is 13.3. The molecule has 3 aromatic rings. The van der Waals surface area contributed by atoms with Crippen molar-refractivity contribution in [3.8, 4) is 11.1 Å². The number of nitrogens with one attached hydrogen (secondary N) is 1. The van der Waals surface area contributed by atoms with Crippen LogP contribution in [0.4, 0.5) is 4.79 Å². The van der Waals surface area contributed by atoms with Crippen molar-refractivity contribution in [1.29, 1.82) is 0 Å². The van der Waals surface area contributed by atoms with Gasteiger partial charge in [-0.25, -0.2) is 9.59 Å². The van der Waals surface area contributed by atoms with E-state index in [4.69, 9.17) is 4.74 Å². The molecule has 0 saturated carbocycles. The third-order valence-corrected chi connectivity index (χ3v) is 6.71. The first kappa shape index (κ1) is 22.0. The zero-order valence-electron chi connectivity index (χ0n) is 17.7. The van der Waals surface area contributed by atoms with Crippen molar-refractivity contribution in [3.63, 3.8) is 0 Å². The molecule has 0 bridgehead atoms. The summed E-state index contributed by atoms with van der Waals surface area (Å²) in [6.07, 6.45) is 1.79. The number of fused-ring (bicyclic) bond motifs is 3. The number of aryl methyl sites for hydroxylation is 2. The van der Waals surface area contributed by atoms with Gasteiger partial charge in [0.25, 0.3) is 0 Å². The molecule has 0 saturated heterocycles. The first-order valence-electron chi connectivity index (χ1n) is 10.4. The number of carbonyl (C=O) groups is 2. The van der Waals surface area contributed by atoms with Gasteiger partial charge in [0.15, 0.2) is 0 Å². The fraction of sp³-hybridized carbons (Fsp3) is 0.292. The summed E-state index contributed by atoms with van der Waals surface area (Å²) in [7, 11) is 1.87. The molecule has 1 aliphatic carbocycles. The van der Waals surface area contributed by atoms with Gasteiger partial charge in [0.1, 0.15) is 12.6 Å². The molecule has 1 aliphatic rings. The van der Waals surface area contributed by atoms with Gasteiger partial charge in [-0.3, -0.25) is 4.68 Å². The van der Waals surface area contributed by atoms with Crippen molar-refractivity contribution in [2.45, 2.75) is 18.4 Å². The molecular weight excluding hydrogens is 426 g/mol. The molecule has 1 heterocycles. The number of carboxylic acids is 1. The molecule has 1 amide bonds. The van der Waals surface area contributed by atoms with Crippen LogP contribution in [0.3, 0.4) is 0 Å². The van der Waals surface area contributed by atoms with Gasteiger partial charge < -0.3 is 15.2 Å². The fourth-order valence-electron chi connectivity index (χ4n) is 3.98. The fourth-order valence-corrected chi connectivity index (χ4v) is 4.96. The van der Waals surface area contributed by atoms with Crippen LogP contribution in [0.15, 0.2) is 60.8 Å². The average molecular weight is 452 g/mol. The maximum absolute atomic E-state index is 12.4. The van der Waals surface area contributed by atoms with Crippen LogP contribution in [-0.4, -0.2) is 51.1 Å². The summed E-state index contributed by atoms with van der Waals surface area (Å²) in [5.74, 6) is -0.149. The molecule has 0 fully saturated rings. The van der Waals surface area contributed by atoms with Crippen molar-refractivity contribution >= 4 is 23.8 Å². The van der Waals surface area contributed by atoms with Crippen molar-refractivity contribution in [2.75, 3.05) is 18.1 Å². The monoisotopic (exact) mass is 451 g/mol. The lowest BCUT2D eigenvalue weighted by Crippen LogP contribution is -2.43. The Morgan fingerprint density at radius 2 is 1.78 bits per heavy atom. The number of benzene rings is 2. The number of rotatable bonds is 9. The predicted molar refractivity (Wildman–Crippen MR) is 124 cm³/mol. The molecule has 4 rings (SSSR count). The Morgan fingerprint density at radius 3 is 2.38 bits per heavy atom. The largest absolute Gasteiger partial charge is 0.480 e. The molecule has 1 atom stereocenters. The van der Waals surface area contributed by atoms with E-state index >= 15 is 0 Å². The predicted octanol–water partition coefficient (Wildman–Crippen LogP) is 3.69. The van der Waals surface area contributed by atoms with Gasteiger partial charge in [0.2, 0.25) is 0 Å². The highest BCUT2D eigenvalue weighted by Crippen LogP contribution is 2.44. The number of hydrogen-bond donors (Lipinski definition) is 2. The van der Waals surface area contributed by atoms with Gasteiger partial charge in [0, 0.05) is 30.6 Å². The number of amides is 1. The van der Waals surface area contributed by atoms with E-state index < -0.39 is 18.1 Å². The lowest BCUT2D eigenvalue weighted by Gasteiger charge is -2.17. The molecule has 1 aromatic heterocycles. The summed E-state index contributed by atoms with van der Waals surface area (Å²) in [6, 6.07) is 17.1. The maximum Gasteiger partial charge on any atom is 0.407 e. The van der Waals surface area contributed by atoms with E-state index in [1.165, 1.54) is 11.8 Å². The number of hydrogen-bond acceptors (Lipinski definition) is 5. The van der Waals surface area contributed by atoms with Crippen molar-refractivity contribution in [3.05, 3.63) is 77.6 Å². The van der Waals surface area contributed by atoms with Crippen LogP contribution in [0.2, 0.25) is 0 Å². The molecule has 0 radical (unpaired) electrons. The molecule has 0 spiro atoms. The van der Waals surface area contributed by atoms with E-state index in [0.29, 0.717) is 0 Å². The number of aliphatic carboxylic acids is 1. The van der Waals surface area contributed by atoms with Gasteiger partial charge in [-0.2, -0.15) is 16.9 Å². The second-order valence-electron chi connectivity index (χ2n) is 7.63. The maximum atomic E-state index is 12.4. The number of alkyl carbamates (subject to hydrolysis) is 1. The zero-order chi connectivity index (χ0) is 22.5. The number of aromatic nitrogens is 2. The van der Waals surface area contributed by atoms with E-state index in [1.54, 1.807) is 10.9 Å². The van der Waals surface area contributed by atoms with Crippen LogP contribution in [0, 0.1) is 0 Å². The average Bonchev–Trinajstić information content (AvgIpc) is 3.35. The van der Waals surface area contributed by atoms with Gasteiger partial charge in [0.05, 0.1) is 0 Å². The summed E-state index contributed by atoms with van der Waals surface area (Å²) in [4.78, 5) is 24.0. The Kier molecular flexibility index (Phi) is 6.80. The SMILES string of the molecule is Cn1nccc1CCSCC(NC(=O)OCC1c2ccccc2-c2ccccc21)C(=O)O. The van der Waals surface area contributed by atoms with Crippen LogP contribution in [0.1, 0.15) is 22.7 Å². The number of carboxylic acid groups (broad SMARTS) is 1. The third-order valence-electron chi connectivity index (χ3n) is 5.64. The molecule has 7 nitrogen and oxygen atoms in total. The van der Waals surface area contributed by atoms with Crippen molar-refractivity contribution < 1.29 is 19.4 Å². The molecule has 8 heteroatoms.